The van der Waals surface area contributed by atoms with E-state index >= 15 is 0 Å². The summed E-state index contributed by atoms with van der Waals surface area (Å²) in [5, 5.41) is 3.46. The maximum absolute atomic E-state index is 5.69. The summed E-state index contributed by atoms with van der Waals surface area (Å²) in [6, 6.07) is 0.572. The van der Waals surface area contributed by atoms with Gasteiger partial charge >= 0.3 is 0 Å². The molecule has 2 rings (SSSR count). The second-order valence-corrected chi connectivity index (χ2v) is 4.70. The van der Waals surface area contributed by atoms with Crippen LogP contribution in [0.1, 0.15) is 50.0 Å². The highest BCUT2D eigenvalue weighted by molar-refractivity contribution is 5.12. The van der Waals surface area contributed by atoms with E-state index in [2.05, 4.69) is 24.1 Å². The fourth-order valence-electron chi connectivity index (χ4n) is 2.23. The summed E-state index contributed by atoms with van der Waals surface area (Å²) in [5.74, 6) is 2.34. The van der Waals surface area contributed by atoms with Crippen molar-refractivity contribution in [2.24, 2.45) is 0 Å². The molecule has 1 N–H and O–H groups in total. The van der Waals surface area contributed by atoms with Crippen molar-refractivity contribution in [2.75, 3.05) is 6.54 Å². The van der Waals surface area contributed by atoms with Gasteiger partial charge in [0.25, 0.3) is 0 Å². The van der Waals surface area contributed by atoms with Crippen LogP contribution in [0, 0.1) is 6.92 Å². The van der Waals surface area contributed by atoms with Crippen molar-refractivity contribution in [3.63, 3.8) is 0 Å². The summed E-state index contributed by atoms with van der Waals surface area (Å²) in [7, 11) is 0. The maximum atomic E-state index is 5.69. The van der Waals surface area contributed by atoms with Gasteiger partial charge in [-0.05, 0) is 32.2 Å². The summed E-state index contributed by atoms with van der Waals surface area (Å²) >= 11 is 0. The van der Waals surface area contributed by atoms with Crippen LogP contribution >= 0.6 is 0 Å². The second kappa shape index (κ2) is 4.35. The smallest absolute Gasteiger partial charge is 0.196 e. The monoisotopic (exact) mass is 208 g/mol. The number of nitrogens with one attached hydrogen (secondary N) is 1. The molecule has 0 saturated carbocycles. The van der Waals surface area contributed by atoms with Crippen LogP contribution in [-0.2, 0) is 6.42 Å². The maximum Gasteiger partial charge on any atom is 0.196 e. The SMILES string of the molecule is Cc1oc(CC2CCCN2)nc1C(C)C. The number of nitrogens with zero attached hydrogens (tertiary/aromatic N) is 1. The van der Waals surface area contributed by atoms with Gasteiger partial charge in [-0.1, -0.05) is 13.8 Å². The molecular weight excluding hydrogens is 188 g/mol. The first-order valence-electron chi connectivity index (χ1n) is 5.86. The van der Waals surface area contributed by atoms with Crippen LogP contribution < -0.4 is 5.32 Å². The standard InChI is InChI=1S/C12H20N2O/c1-8(2)12-9(3)15-11(14-12)7-10-5-4-6-13-10/h8,10,13H,4-7H2,1-3H3. The van der Waals surface area contributed by atoms with Crippen molar-refractivity contribution >= 4 is 0 Å². The Bertz CT molecular complexity index is 324. The van der Waals surface area contributed by atoms with Gasteiger partial charge < -0.3 is 9.73 Å². The third kappa shape index (κ3) is 2.40. The lowest BCUT2D eigenvalue weighted by atomic mass is 10.1. The van der Waals surface area contributed by atoms with E-state index < -0.39 is 0 Å². The number of hydrogen-bond donors (Lipinski definition) is 1. The lowest BCUT2D eigenvalue weighted by Gasteiger charge is -2.05. The summed E-state index contributed by atoms with van der Waals surface area (Å²) < 4.78 is 5.69. The van der Waals surface area contributed by atoms with Gasteiger partial charge in [0.15, 0.2) is 5.89 Å². The lowest BCUT2D eigenvalue weighted by molar-refractivity contribution is 0.439. The molecule has 84 valence electrons. The Morgan fingerprint density at radius 1 is 1.53 bits per heavy atom. The quantitative estimate of drug-likeness (QED) is 0.829. The van der Waals surface area contributed by atoms with Crippen LogP contribution in [0.4, 0.5) is 0 Å². The predicted octanol–water partition coefficient (Wildman–Crippen LogP) is 2.40. The molecule has 1 aromatic heterocycles. The Labute approximate surface area is 91.3 Å². The van der Waals surface area contributed by atoms with Gasteiger partial charge in [-0.15, -0.1) is 0 Å². The molecular formula is C12H20N2O. The van der Waals surface area contributed by atoms with E-state index in [1.807, 2.05) is 6.92 Å². The van der Waals surface area contributed by atoms with E-state index in [0.29, 0.717) is 12.0 Å². The molecule has 2 heterocycles. The zero-order chi connectivity index (χ0) is 10.8. The van der Waals surface area contributed by atoms with E-state index in [1.165, 1.54) is 12.8 Å². The number of hydrogen-bond acceptors (Lipinski definition) is 3. The van der Waals surface area contributed by atoms with Crippen LogP contribution in [0.25, 0.3) is 0 Å². The zero-order valence-corrected chi connectivity index (χ0v) is 9.84. The van der Waals surface area contributed by atoms with Crippen LogP contribution in [0.5, 0.6) is 0 Å². The molecule has 0 bridgehead atoms. The van der Waals surface area contributed by atoms with Gasteiger partial charge in [0, 0.05) is 12.5 Å². The molecule has 1 aliphatic rings. The zero-order valence-electron chi connectivity index (χ0n) is 9.84. The van der Waals surface area contributed by atoms with Crippen molar-refractivity contribution in [1.82, 2.24) is 10.3 Å². The highest BCUT2D eigenvalue weighted by Crippen LogP contribution is 2.20. The minimum atomic E-state index is 0.457. The van der Waals surface area contributed by atoms with E-state index in [0.717, 1.165) is 30.3 Å². The molecule has 1 atom stereocenters. The van der Waals surface area contributed by atoms with Gasteiger partial charge in [-0.25, -0.2) is 4.98 Å². The minimum absolute atomic E-state index is 0.457. The molecule has 1 unspecified atom stereocenters. The fourth-order valence-corrected chi connectivity index (χ4v) is 2.23. The number of rotatable bonds is 3. The van der Waals surface area contributed by atoms with Crippen molar-refractivity contribution in [1.29, 1.82) is 0 Å². The second-order valence-electron chi connectivity index (χ2n) is 4.70. The van der Waals surface area contributed by atoms with Gasteiger partial charge in [-0.3, -0.25) is 0 Å². The third-order valence-electron chi connectivity index (χ3n) is 3.01. The van der Waals surface area contributed by atoms with Crippen LogP contribution in [0.3, 0.4) is 0 Å². The van der Waals surface area contributed by atoms with Crippen molar-refractivity contribution < 1.29 is 4.42 Å². The molecule has 0 spiro atoms. The average molecular weight is 208 g/mol. The number of oxazole rings is 1. The summed E-state index contributed by atoms with van der Waals surface area (Å²) in [4.78, 5) is 4.57. The summed E-state index contributed by atoms with van der Waals surface area (Å²) in [6.07, 6.45) is 3.47. The van der Waals surface area contributed by atoms with Crippen LogP contribution in [0.15, 0.2) is 4.42 Å². The molecule has 0 amide bonds. The van der Waals surface area contributed by atoms with Crippen LogP contribution in [-0.4, -0.2) is 17.6 Å². The molecule has 3 nitrogen and oxygen atoms in total. The number of aromatic nitrogens is 1. The predicted molar refractivity (Wildman–Crippen MR) is 60.1 cm³/mol. The molecule has 1 fully saturated rings. The van der Waals surface area contributed by atoms with E-state index in [4.69, 9.17) is 4.42 Å². The molecule has 1 aliphatic heterocycles. The van der Waals surface area contributed by atoms with Gasteiger partial charge in [0.05, 0.1) is 5.69 Å². The van der Waals surface area contributed by atoms with Gasteiger partial charge in [0.1, 0.15) is 5.76 Å². The van der Waals surface area contributed by atoms with Gasteiger partial charge in [-0.2, -0.15) is 0 Å². The van der Waals surface area contributed by atoms with Gasteiger partial charge in [0.2, 0.25) is 0 Å². The summed E-state index contributed by atoms with van der Waals surface area (Å²) in [6.45, 7) is 7.46. The Balaban J connectivity index is 2.05. The molecule has 3 heteroatoms. The minimum Gasteiger partial charge on any atom is -0.446 e. The lowest BCUT2D eigenvalue weighted by Crippen LogP contribution is -2.23. The molecule has 1 aromatic rings. The largest absolute Gasteiger partial charge is 0.446 e. The first-order valence-corrected chi connectivity index (χ1v) is 5.86. The molecule has 0 radical (unpaired) electrons. The normalized spacial score (nSPS) is 21.5. The summed E-state index contributed by atoms with van der Waals surface area (Å²) in [5.41, 5.74) is 1.11. The van der Waals surface area contributed by atoms with Crippen LogP contribution in [0.2, 0.25) is 0 Å². The number of aryl methyl sites for hydroxylation is 1. The highest BCUT2D eigenvalue weighted by atomic mass is 16.4. The highest BCUT2D eigenvalue weighted by Gasteiger charge is 2.19. The Kier molecular flexibility index (Phi) is 3.10. The van der Waals surface area contributed by atoms with E-state index in [1.54, 1.807) is 0 Å². The Hall–Kier alpha value is -0.830. The van der Waals surface area contributed by atoms with Crippen molar-refractivity contribution in [2.45, 2.75) is 52.0 Å². The Morgan fingerprint density at radius 2 is 2.33 bits per heavy atom. The topological polar surface area (TPSA) is 38.1 Å². The fraction of sp³-hybridized carbons (Fsp3) is 0.750. The first kappa shape index (κ1) is 10.7. The average Bonchev–Trinajstić information content (AvgIpc) is 2.75. The molecule has 0 aromatic carbocycles. The van der Waals surface area contributed by atoms with Crippen molar-refractivity contribution in [3.05, 3.63) is 17.3 Å². The van der Waals surface area contributed by atoms with E-state index in [9.17, 15) is 0 Å². The van der Waals surface area contributed by atoms with E-state index in [-0.39, 0.29) is 0 Å². The third-order valence-corrected chi connectivity index (χ3v) is 3.01. The molecule has 1 saturated heterocycles. The molecule has 15 heavy (non-hydrogen) atoms. The molecule has 0 aliphatic carbocycles. The van der Waals surface area contributed by atoms with Crippen molar-refractivity contribution in [3.8, 4) is 0 Å². The Morgan fingerprint density at radius 3 is 2.87 bits per heavy atom. The first-order chi connectivity index (χ1) is 7.16.